The van der Waals surface area contributed by atoms with E-state index in [0.29, 0.717) is 5.84 Å². The van der Waals surface area contributed by atoms with Gasteiger partial charge >= 0.3 is 0 Å². The molecule has 1 aliphatic heterocycles. The second kappa shape index (κ2) is 13.3. The molecule has 1 atom stereocenters. The maximum absolute atomic E-state index is 6.62. The van der Waals surface area contributed by atoms with Gasteiger partial charge < -0.3 is 8.98 Å². The number of allylic oxidation sites excluding steroid dienone is 1. The van der Waals surface area contributed by atoms with E-state index in [9.17, 15) is 0 Å². The normalized spacial score (nSPS) is 15.8. The zero-order valence-electron chi connectivity index (χ0n) is 32.4. The third-order valence-corrected chi connectivity index (χ3v) is 12.2. The second-order valence-electron chi connectivity index (χ2n) is 15.7. The number of para-hydroxylation sites is 2. The van der Waals surface area contributed by atoms with Crippen molar-refractivity contribution in [3.8, 4) is 5.69 Å². The van der Waals surface area contributed by atoms with Crippen LogP contribution in [-0.4, -0.2) is 16.1 Å². The summed E-state index contributed by atoms with van der Waals surface area (Å²) in [6, 6.07) is 65.0. The van der Waals surface area contributed by atoms with Crippen LogP contribution in [0.2, 0.25) is 0 Å². The van der Waals surface area contributed by atoms with E-state index in [4.69, 9.17) is 14.4 Å². The van der Waals surface area contributed by atoms with E-state index in [2.05, 4.69) is 193 Å². The largest absolute Gasteiger partial charge is 0.456 e. The molecule has 0 saturated heterocycles. The molecule has 278 valence electrons. The molecule has 1 unspecified atom stereocenters. The smallest absolute Gasteiger partial charge is 0.160 e. The van der Waals surface area contributed by atoms with Crippen molar-refractivity contribution in [3.63, 3.8) is 0 Å². The Bertz CT molecular complexity index is 3600. The van der Waals surface area contributed by atoms with Gasteiger partial charge in [0.15, 0.2) is 5.84 Å². The summed E-state index contributed by atoms with van der Waals surface area (Å²) in [5.41, 5.74) is 10.0. The fraction of sp³-hybridized carbons (Fsp3) is 0.0545. The third-order valence-electron chi connectivity index (χ3n) is 12.2. The van der Waals surface area contributed by atoms with Crippen LogP contribution in [0.25, 0.3) is 87.4 Å². The number of benzene rings is 9. The van der Waals surface area contributed by atoms with E-state index < -0.39 is 0 Å². The van der Waals surface area contributed by atoms with Gasteiger partial charge in [-0.25, -0.2) is 9.98 Å². The first kappa shape index (κ1) is 33.6. The molecule has 2 aromatic heterocycles. The lowest BCUT2D eigenvalue weighted by Gasteiger charge is -2.20. The highest BCUT2D eigenvalue weighted by molar-refractivity contribution is 6.20. The van der Waals surface area contributed by atoms with Crippen LogP contribution in [0.15, 0.2) is 202 Å². The first-order valence-electron chi connectivity index (χ1n) is 20.4. The maximum atomic E-state index is 6.62. The minimum Gasteiger partial charge on any atom is -0.456 e. The predicted molar refractivity (Wildman–Crippen MR) is 248 cm³/mol. The summed E-state index contributed by atoms with van der Waals surface area (Å²) in [4.78, 5) is 11.2. The summed E-state index contributed by atoms with van der Waals surface area (Å²) in [6.07, 6.45) is 3.10. The van der Waals surface area contributed by atoms with E-state index in [1.165, 1.54) is 37.7 Å². The molecule has 1 aliphatic rings. The molecule has 12 rings (SSSR count). The van der Waals surface area contributed by atoms with Crippen LogP contribution in [0.5, 0.6) is 0 Å². The summed E-state index contributed by atoms with van der Waals surface area (Å²) >= 11 is 0. The standard InChI is InChI=1S/C55H37N3O/c1-34-23-29-47(56-55(57-53(34)36-14-3-2-4-15-36)40-26-27-42-39(31-40)25-24-35-13-7-8-18-41(35)42)44-28-30-51-52(45-20-10-12-22-50(45)59-51)54(44)58-48-21-11-9-19-43(48)46-32-37-16-5-6-17-38(37)33-49(46)58/h2-22,24-34H,23H2,1H3/b47-29+,56-55?,57-53?. The number of nitrogens with zero attached hydrogens (tertiary/aromatic N) is 3. The second-order valence-corrected chi connectivity index (χ2v) is 15.7. The number of rotatable bonds is 4. The van der Waals surface area contributed by atoms with Gasteiger partial charge in [-0.3, -0.25) is 0 Å². The molecule has 11 aromatic rings. The average Bonchev–Trinajstić information content (AvgIpc) is 3.82. The van der Waals surface area contributed by atoms with Gasteiger partial charge in [-0.15, -0.1) is 0 Å². The highest BCUT2D eigenvalue weighted by Crippen LogP contribution is 2.44. The maximum Gasteiger partial charge on any atom is 0.160 e. The minimum atomic E-state index is 0.129. The van der Waals surface area contributed by atoms with Crippen LogP contribution in [0.3, 0.4) is 0 Å². The van der Waals surface area contributed by atoms with Crippen molar-refractivity contribution >= 4 is 93.3 Å². The highest BCUT2D eigenvalue weighted by atomic mass is 16.3. The Hall–Kier alpha value is -7.56. The molecule has 0 fully saturated rings. The number of hydrogen-bond acceptors (Lipinski definition) is 3. The van der Waals surface area contributed by atoms with E-state index in [-0.39, 0.29) is 5.92 Å². The Labute approximate surface area is 340 Å². The highest BCUT2D eigenvalue weighted by Gasteiger charge is 2.25. The number of hydrogen-bond donors (Lipinski definition) is 0. The fourth-order valence-corrected chi connectivity index (χ4v) is 9.35. The Balaban J connectivity index is 1.17. The SMILES string of the molecule is CC1C/C=C(\c2ccc3oc4ccccc4c3c2-n2c3ccccc3c3cc4ccccc4cc32)N=C(c2ccc3c(ccc4ccccc43)c2)N=C1c1ccccc1. The minimum absolute atomic E-state index is 0.129. The zero-order valence-corrected chi connectivity index (χ0v) is 32.4. The molecular weight excluding hydrogens is 719 g/mol. The first-order valence-corrected chi connectivity index (χ1v) is 20.4. The van der Waals surface area contributed by atoms with Crippen molar-refractivity contribution in [2.45, 2.75) is 13.3 Å². The van der Waals surface area contributed by atoms with Gasteiger partial charge in [-0.2, -0.15) is 0 Å². The summed E-state index contributed by atoms with van der Waals surface area (Å²) in [6.45, 7) is 2.28. The number of fused-ring (bicyclic) bond motifs is 10. The first-order chi connectivity index (χ1) is 29.2. The monoisotopic (exact) mass is 755 g/mol. The Morgan fingerprint density at radius 1 is 0.492 bits per heavy atom. The topological polar surface area (TPSA) is 42.8 Å². The van der Waals surface area contributed by atoms with Gasteiger partial charge in [0.25, 0.3) is 0 Å². The molecule has 0 amide bonds. The van der Waals surface area contributed by atoms with Gasteiger partial charge in [-0.05, 0) is 86.8 Å². The quantitative estimate of drug-likeness (QED) is 0.165. The third kappa shape index (κ3) is 5.37. The summed E-state index contributed by atoms with van der Waals surface area (Å²) in [5.74, 6) is 0.817. The van der Waals surface area contributed by atoms with Crippen molar-refractivity contribution in [2.75, 3.05) is 0 Å². The van der Waals surface area contributed by atoms with Crippen LogP contribution in [0.1, 0.15) is 30.0 Å². The van der Waals surface area contributed by atoms with Gasteiger partial charge in [0.1, 0.15) is 11.2 Å². The van der Waals surface area contributed by atoms with Crippen LogP contribution in [-0.2, 0) is 0 Å². The van der Waals surface area contributed by atoms with Crippen molar-refractivity contribution < 1.29 is 4.42 Å². The van der Waals surface area contributed by atoms with Crippen LogP contribution in [0.4, 0.5) is 0 Å². The van der Waals surface area contributed by atoms with E-state index >= 15 is 0 Å². The van der Waals surface area contributed by atoms with Crippen LogP contribution in [0, 0.1) is 5.92 Å². The number of furan rings is 1. The van der Waals surface area contributed by atoms with Gasteiger partial charge in [0, 0.05) is 33.2 Å². The fourth-order valence-electron chi connectivity index (χ4n) is 9.35. The Kier molecular flexibility index (Phi) is 7.54. The molecule has 0 radical (unpaired) electrons. The zero-order chi connectivity index (χ0) is 39.0. The number of amidine groups is 1. The number of aliphatic imine (C=N–C) groups is 2. The van der Waals surface area contributed by atoms with Crippen molar-refractivity contribution in [2.24, 2.45) is 15.9 Å². The number of aromatic nitrogens is 1. The van der Waals surface area contributed by atoms with Crippen LogP contribution >= 0.6 is 0 Å². The van der Waals surface area contributed by atoms with Gasteiger partial charge in [-0.1, -0.05) is 153 Å². The van der Waals surface area contributed by atoms with E-state index in [1.54, 1.807) is 0 Å². The van der Waals surface area contributed by atoms with Crippen molar-refractivity contribution in [1.29, 1.82) is 0 Å². The lowest BCUT2D eigenvalue weighted by atomic mass is 9.93. The molecule has 0 spiro atoms. The molecule has 4 nitrogen and oxygen atoms in total. The molecule has 0 bridgehead atoms. The van der Waals surface area contributed by atoms with Gasteiger partial charge in [0.05, 0.1) is 33.5 Å². The van der Waals surface area contributed by atoms with Crippen molar-refractivity contribution in [3.05, 3.63) is 205 Å². The van der Waals surface area contributed by atoms with E-state index in [1.807, 2.05) is 6.07 Å². The molecule has 4 heteroatoms. The molecule has 9 aromatic carbocycles. The molecule has 59 heavy (non-hydrogen) atoms. The van der Waals surface area contributed by atoms with Crippen molar-refractivity contribution in [1.82, 2.24) is 4.57 Å². The Morgan fingerprint density at radius 2 is 1.19 bits per heavy atom. The lowest BCUT2D eigenvalue weighted by Crippen LogP contribution is -2.17. The molecule has 0 saturated carbocycles. The lowest BCUT2D eigenvalue weighted by molar-refractivity contribution is 0.669. The summed E-state index contributed by atoms with van der Waals surface area (Å²) in [7, 11) is 0. The summed E-state index contributed by atoms with van der Waals surface area (Å²) < 4.78 is 9.08. The molecule has 3 heterocycles. The molecule has 0 N–H and O–H groups in total. The van der Waals surface area contributed by atoms with Crippen LogP contribution < -0.4 is 0 Å². The van der Waals surface area contributed by atoms with E-state index in [0.717, 1.165) is 78.6 Å². The average molecular weight is 756 g/mol. The van der Waals surface area contributed by atoms with Gasteiger partial charge in [0.2, 0.25) is 0 Å². The summed E-state index contributed by atoms with van der Waals surface area (Å²) in [5, 5.41) is 11.8. The Morgan fingerprint density at radius 3 is 2.05 bits per heavy atom. The predicted octanol–water partition coefficient (Wildman–Crippen LogP) is 14.5. The molecular formula is C55H37N3O. The molecule has 0 aliphatic carbocycles.